The van der Waals surface area contributed by atoms with Crippen LogP contribution in [0.3, 0.4) is 0 Å². The summed E-state index contributed by atoms with van der Waals surface area (Å²) in [7, 11) is 3.23. The zero-order chi connectivity index (χ0) is 21.1. The molecule has 30 heavy (non-hydrogen) atoms. The summed E-state index contributed by atoms with van der Waals surface area (Å²) in [5.74, 6) is 1.42. The molecule has 1 atom stereocenters. The van der Waals surface area contributed by atoms with E-state index in [1.165, 1.54) is 16.9 Å². The van der Waals surface area contributed by atoms with Crippen LogP contribution in [-0.2, 0) is 6.42 Å². The summed E-state index contributed by atoms with van der Waals surface area (Å²) >= 11 is 1.45. The zero-order valence-electron chi connectivity index (χ0n) is 17.6. The topological polar surface area (TPSA) is 51.7 Å². The molecule has 1 aliphatic rings. The first-order valence-electron chi connectivity index (χ1n) is 10.2. The van der Waals surface area contributed by atoms with Crippen LogP contribution < -0.4 is 9.47 Å². The number of benzene rings is 2. The van der Waals surface area contributed by atoms with Gasteiger partial charge in [-0.3, -0.25) is 4.79 Å². The Hall–Kier alpha value is -2.86. The van der Waals surface area contributed by atoms with Gasteiger partial charge in [0.05, 0.1) is 19.9 Å². The lowest BCUT2D eigenvalue weighted by atomic mass is 10.0. The Morgan fingerprint density at radius 2 is 1.90 bits per heavy atom. The maximum atomic E-state index is 13.4. The quantitative estimate of drug-likeness (QED) is 0.562. The average molecular weight is 423 g/mol. The highest BCUT2D eigenvalue weighted by Crippen LogP contribution is 2.36. The van der Waals surface area contributed by atoms with Gasteiger partial charge in [-0.05, 0) is 49.9 Å². The zero-order valence-corrected chi connectivity index (χ0v) is 18.4. The molecule has 1 unspecified atom stereocenters. The third-order valence-corrected chi connectivity index (χ3v) is 6.77. The van der Waals surface area contributed by atoms with E-state index in [0.717, 1.165) is 46.9 Å². The standard InChI is InChI=1S/C24H26N2O3S/c1-16-22(30-23(25-16)18-11-12-20(28-2)21(15-18)29-3)24(27)26-13-7-10-19(26)14-17-8-5-4-6-9-17/h4-6,8-9,11-12,15,19H,7,10,13-14H2,1-3H3. The van der Waals surface area contributed by atoms with E-state index in [9.17, 15) is 4.79 Å². The van der Waals surface area contributed by atoms with E-state index in [-0.39, 0.29) is 11.9 Å². The van der Waals surface area contributed by atoms with E-state index in [1.807, 2.05) is 36.1 Å². The number of carbonyl (C=O) groups is 1. The van der Waals surface area contributed by atoms with Crippen molar-refractivity contribution >= 4 is 17.2 Å². The number of amides is 1. The molecule has 0 radical (unpaired) electrons. The number of hydrogen-bond donors (Lipinski definition) is 0. The summed E-state index contributed by atoms with van der Waals surface area (Å²) in [5, 5.41) is 0.815. The number of ether oxygens (including phenoxy) is 2. The van der Waals surface area contributed by atoms with Crippen molar-refractivity contribution in [2.75, 3.05) is 20.8 Å². The Balaban J connectivity index is 1.57. The molecule has 1 aliphatic heterocycles. The molecule has 0 bridgehead atoms. The van der Waals surface area contributed by atoms with Gasteiger partial charge in [-0.1, -0.05) is 30.3 Å². The second kappa shape index (κ2) is 8.88. The predicted octanol–water partition coefficient (Wildman–Crippen LogP) is 4.98. The number of likely N-dealkylation sites (tertiary alicyclic amines) is 1. The van der Waals surface area contributed by atoms with Crippen molar-refractivity contribution in [1.29, 1.82) is 0 Å². The third kappa shape index (κ3) is 4.05. The molecule has 1 amide bonds. The van der Waals surface area contributed by atoms with Crippen molar-refractivity contribution in [1.82, 2.24) is 9.88 Å². The summed E-state index contributed by atoms with van der Waals surface area (Å²) in [6.45, 7) is 2.72. The van der Waals surface area contributed by atoms with E-state index in [4.69, 9.17) is 9.47 Å². The second-order valence-corrected chi connectivity index (χ2v) is 8.49. The van der Waals surface area contributed by atoms with Gasteiger partial charge in [-0.25, -0.2) is 4.98 Å². The first kappa shape index (κ1) is 20.4. The Morgan fingerprint density at radius 3 is 2.63 bits per heavy atom. The fourth-order valence-corrected chi connectivity index (χ4v) is 5.04. The van der Waals surface area contributed by atoms with Gasteiger partial charge < -0.3 is 14.4 Å². The minimum atomic E-state index is 0.0927. The number of thiazole rings is 1. The lowest BCUT2D eigenvalue weighted by molar-refractivity contribution is 0.0740. The van der Waals surface area contributed by atoms with Crippen molar-refractivity contribution in [3.63, 3.8) is 0 Å². The molecule has 4 rings (SSSR count). The molecule has 156 valence electrons. The van der Waals surface area contributed by atoms with Crippen molar-refractivity contribution in [2.45, 2.75) is 32.2 Å². The molecule has 2 heterocycles. The molecule has 2 aromatic carbocycles. The molecular weight excluding hydrogens is 396 g/mol. The van der Waals surface area contributed by atoms with Gasteiger partial charge in [-0.15, -0.1) is 11.3 Å². The number of rotatable bonds is 6. The van der Waals surface area contributed by atoms with Crippen molar-refractivity contribution in [3.8, 4) is 22.1 Å². The van der Waals surface area contributed by atoms with Crippen LogP contribution in [0.5, 0.6) is 11.5 Å². The van der Waals surface area contributed by atoms with Crippen molar-refractivity contribution in [2.24, 2.45) is 0 Å². The molecule has 6 heteroatoms. The molecule has 3 aromatic rings. The van der Waals surface area contributed by atoms with E-state index in [1.54, 1.807) is 14.2 Å². The number of aryl methyl sites for hydroxylation is 1. The lowest BCUT2D eigenvalue weighted by Gasteiger charge is -2.24. The van der Waals surface area contributed by atoms with Crippen LogP contribution in [0.1, 0.15) is 33.8 Å². The molecule has 5 nitrogen and oxygen atoms in total. The van der Waals surface area contributed by atoms with Gasteiger partial charge >= 0.3 is 0 Å². The number of methoxy groups -OCH3 is 2. The fourth-order valence-electron chi connectivity index (χ4n) is 4.02. The summed E-state index contributed by atoms with van der Waals surface area (Å²) < 4.78 is 10.7. The number of nitrogens with zero attached hydrogens (tertiary/aromatic N) is 2. The molecule has 1 aromatic heterocycles. The third-order valence-electron chi connectivity index (χ3n) is 5.57. The SMILES string of the molecule is COc1ccc(-c2nc(C)c(C(=O)N3CCCC3Cc3ccccc3)s2)cc1OC. The maximum absolute atomic E-state index is 13.4. The minimum Gasteiger partial charge on any atom is -0.493 e. The molecule has 0 saturated carbocycles. The maximum Gasteiger partial charge on any atom is 0.266 e. The molecule has 0 aliphatic carbocycles. The number of carbonyl (C=O) groups excluding carboxylic acids is 1. The molecule has 1 fully saturated rings. The second-order valence-electron chi connectivity index (χ2n) is 7.49. The van der Waals surface area contributed by atoms with Gasteiger partial charge in [0.25, 0.3) is 5.91 Å². The lowest BCUT2D eigenvalue weighted by Crippen LogP contribution is -2.36. The monoisotopic (exact) mass is 422 g/mol. The summed E-state index contributed by atoms with van der Waals surface area (Å²) in [6, 6.07) is 16.4. The molecule has 0 spiro atoms. The van der Waals surface area contributed by atoms with Gasteiger partial charge in [0, 0.05) is 18.2 Å². The molecular formula is C24H26N2O3S. The Kier molecular flexibility index (Phi) is 6.04. The van der Waals surface area contributed by atoms with E-state index in [0.29, 0.717) is 11.5 Å². The van der Waals surface area contributed by atoms with Gasteiger partial charge in [-0.2, -0.15) is 0 Å². The van der Waals surface area contributed by atoms with E-state index >= 15 is 0 Å². The van der Waals surface area contributed by atoms with Crippen molar-refractivity contribution < 1.29 is 14.3 Å². The predicted molar refractivity (Wildman–Crippen MR) is 120 cm³/mol. The molecule has 0 N–H and O–H groups in total. The summed E-state index contributed by atoms with van der Waals surface area (Å²) in [6.07, 6.45) is 2.98. The number of aromatic nitrogens is 1. The Labute approximate surface area is 181 Å². The molecule has 1 saturated heterocycles. The highest BCUT2D eigenvalue weighted by atomic mass is 32.1. The first-order valence-corrected chi connectivity index (χ1v) is 11.0. The van der Waals surface area contributed by atoms with Gasteiger partial charge in [0.2, 0.25) is 0 Å². The van der Waals surface area contributed by atoms with Crippen LogP contribution in [0.4, 0.5) is 0 Å². The normalized spacial score (nSPS) is 16.0. The van der Waals surface area contributed by atoms with Crippen LogP contribution >= 0.6 is 11.3 Å². The summed E-state index contributed by atoms with van der Waals surface area (Å²) in [5.41, 5.74) is 2.97. The Morgan fingerprint density at radius 1 is 1.13 bits per heavy atom. The largest absolute Gasteiger partial charge is 0.493 e. The Bertz CT molecular complexity index is 1030. The van der Waals surface area contributed by atoms with Crippen LogP contribution in [0, 0.1) is 6.92 Å². The smallest absolute Gasteiger partial charge is 0.266 e. The fraction of sp³-hybridized carbons (Fsp3) is 0.333. The van der Waals surface area contributed by atoms with Crippen LogP contribution in [0.25, 0.3) is 10.6 Å². The van der Waals surface area contributed by atoms with Gasteiger partial charge in [0.1, 0.15) is 9.88 Å². The highest BCUT2D eigenvalue weighted by Gasteiger charge is 2.31. The van der Waals surface area contributed by atoms with E-state index in [2.05, 4.69) is 29.2 Å². The first-order chi connectivity index (χ1) is 14.6. The summed E-state index contributed by atoms with van der Waals surface area (Å²) in [4.78, 5) is 20.8. The average Bonchev–Trinajstić information content (AvgIpc) is 3.40. The minimum absolute atomic E-state index is 0.0927. The highest BCUT2D eigenvalue weighted by molar-refractivity contribution is 7.17. The van der Waals surface area contributed by atoms with Crippen LogP contribution in [0.15, 0.2) is 48.5 Å². The van der Waals surface area contributed by atoms with Gasteiger partial charge in [0.15, 0.2) is 11.5 Å². The van der Waals surface area contributed by atoms with Crippen LogP contribution in [0.2, 0.25) is 0 Å². The van der Waals surface area contributed by atoms with Crippen molar-refractivity contribution in [3.05, 3.63) is 64.7 Å². The van der Waals surface area contributed by atoms with E-state index < -0.39 is 0 Å². The number of hydrogen-bond acceptors (Lipinski definition) is 5. The van der Waals surface area contributed by atoms with Crippen LogP contribution in [-0.4, -0.2) is 42.6 Å².